The molecular weight excluding hydrogens is 631 g/mol. The molecule has 4 aromatic carbocycles. The van der Waals surface area contributed by atoms with Crippen molar-refractivity contribution in [3.05, 3.63) is 128 Å². The van der Waals surface area contributed by atoms with Crippen LogP contribution >= 0.6 is 39.1 Å². The molecule has 206 valence electrons. The highest BCUT2D eigenvalue weighted by Gasteiger charge is 2.36. The minimum absolute atomic E-state index is 0.188. The zero-order valence-electron chi connectivity index (χ0n) is 21.3. The van der Waals surface area contributed by atoms with Gasteiger partial charge in [-0.05, 0) is 77.9 Å². The van der Waals surface area contributed by atoms with Crippen LogP contribution in [0.4, 0.5) is 10.5 Å². The number of urea groups is 1. The predicted octanol–water partition coefficient (Wildman–Crippen LogP) is 7.58. The number of rotatable bonds is 8. The molecule has 0 unspecified atom stereocenters. The summed E-state index contributed by atoms with van der Waals surface area (Å²) in [7, 11) is 0. The summed E-state index contributed by atoms with van der Waals surface area (Å²) in [5.74, 6) is -0.468. The van der Waals surface area contributed by atoms with Crippen molar-refractivity contribution in [3.63, 3.8) is 0 Å². The lowest BCUT2D eigenvalue weighted by molar-refractivity contribution is -0.122. The topological polar surface area (TPSA) is 84.9 Å². The van der Waals surface area contributed by atoms with E-state index >= 15 is 0 Å². The Morgan fingerprint density at radius 3 is 2.27 bits per heavy atom. The summed E-state index contributed by atoms with van der Waals surface area (Å²) in [6.07, 6.45) is 1.43. The maximum atomic E-state index is 13.3. The molecule has 0 spiro atoms. The first kappa shape index (κ1) is 28.4. The van der Waals surface area contributed by atoms with Crippen LogP contribution in [0.5, 0.6) is 11.5 Å². The van der Waals surface area contributed by atoms with E-state index in [-0.39, 0.29) is 17.9 Å². The summed E-state index contributed by atoms with van der Waals surface area (Å²) in [6, 6.07) is 25.4. The van der Waals surface area contributed by atoms with Gasteiger partial charge in [0.1, 0.15) is 30.3 Å². The number of ether oxygens (including phenoxy) is 2. The second-order valence-corrected chi connectivity index (χ2v) is 10.7. The fraction of sp³-hybridized carbons (Fsp3) is 0.0645. The Labute approximate surface area is 254 Å². The van der Waals surface area contributed by atoms with Gasteiger partial charge in [0.25, 0.3) is 11.8 Å². The largest absolute Gasteiger partial charge is 0.489 e. The average molecular weight is 652 g/mol. The van der Waals surface area contributed by atoms with Crippen LogP contribution in [0.3, 0.4) is 0 Å². The minimum Gasteiger partial charge on any atom is -0.489 e. The normalized spacial score (nSPS) is 14.3. The number of imide groups is 2. The minimum atomic E-state index is -0.842. The van der Waals surface area contributed by atoms with Gasteiger partial charge in [0, 0.05) is 20.1 Å². The Hall–Kier alpha value is -4.11. The summed E-state index contributed by atoms with van der Waals surface area (Å²) in [5.41, 5.74) is 2.39. The molecule has 1 aliphatic heterocycles. The van der Waals surface area contributed by atoms with E-state index in [1.807, 2.05) is 24.3 Å². The Balaban J connectivity index is 1.29. The predicted molar refractivity (Wildman–Crippen MR) is 161 cm³/mol. The summed E-state index contributed by atoms with van der Waals surface area (Å²) < 4.78 is 12.6. The van der Waals surface area contributed by atoms with Crippen molar-refractivity contribution in [2.24, 2.45) is 0 Å². The van der Waals surface area contributed by atoms with Crippen LogP contribution in [-0.2, 0) is 22.8 Å². The molecule has 1 aliphatic rings. The van der Waals surface area contributed by atoms with Crippen LogP contribution in [0.2, 0.25) is 10.0 Å². The second kappa shape index (κ2) is 12.6. The molecule has 0 saturated carbocycles. The summed E-state index contributed by atoms with van der Waals surface area (Å²) in [6.45, 7) is 0.549. The number of hydrogen-bond acceptors (Lipinski definition) is 5. The van der Waals surface area contributed by atoms with Crippen LogP contribution < -0.4 is 19.7 Å². The molecule has 4 aromatic rings. The quantitative estimate of drug-likeness (QED) is 0.157. The van der Waals surface area contributed by atoms with Crippen LogP contribution in [0.25, 0.3) is 6.08 Å². The van der Waals surface area contributed by atoms with E-state index < -0.39 is 17.8 Å². The molecule has 5 rings (SSSR count). The van der Waals surface area contributed by atoms with Gasteiger partial charge in [-0.3, -0.25) is 14.9 Å². The lowest BCUT2D eigenvalue weighted by Gasteiger charge is -2.26. The standard InChI is InChI=1S/C31H21BrCl2N2O5/c32-22-7-4-19(5-8-22)17-40-26-3-1-2-20(14-26)15-27-29(37)35-31(39)36(30(27)38)24-10-12-25(13-11-24)41-18-21-6-9-23(33)16-28(21)34/h1-16H,17-18H2,(H,35,37,39)/b27-15-. The van der Waals surface area contributed by atoms with Crippen LogP contribution in [-0.4, -0.2) is 17.8 Å². The fourth-order valence-electron chi connectivity index (χ4n) is 3.99. The lowest BCUT2D eigenvalue weighted by atomic mass is 10.1. The third kappa shape index (κ3) is 6.97. The molecular formula is C31H21BrCl2N2O5. The van der Waals surface area contributed by atoms with Gasteiger partial charge in [0.2, 0.25) is 0 Å². The molecule has 0 bridgehead atoms. The van der Waals surface area contributed by atoms with Gasteiger partial charge >= 0.3 is 6.03 Å². The van der Waals surface area contributed by atoms with Gasteiger partial charge in [-0.2, -0.15) is 0 Å². The van der Waals surface area contributed by atoms with Crippen LogP contribution in [0.1, 0.15) is 16.7 Å². The number of amides is 4. The first-order chi connectivity index (χ1) is 19.8. The van der Waals surface area contributed by atoms with E-state index in [0.29, 0.717) is 33.7 Å². The van der Waals surface area contributed by atoms with Crippen LogP contribution in [0.15, 0.2) is 101 Å². The third-order valence-electron chi connectivity index (χ3n) is 6.09. The summed E-state index contributed by atoms with van der Waals surface area (Å²) >= 11 is 15.5. The Morgan fingerprint density at radius 2 is 1.54 bits per heavy atom. The molecule has 4 amide bonds. The molecule has 10 heteroatoms. The summed E-state index contributed by atoms with van der Waals surface area (Å²) in [4.78, 5) is 39.5. The Kier molecular flexibility index (Phi) is 8.73. The molecule has 0 aliphatic carbocycles. The average Bonchev–Trinajstić information content (AvgIpc) is 2.95. The highest BCUT2D eigenvalue weighted by Crippen LogP contribution is 2.27. The zero-order valence-corrected chi connectivity index (χ0v) is 24.4. The van der Waals surface area contributed by atoms with Gasteiger partial charge in [-0.1, -0.05) is 69.5 Å². The van der Waals surface area contributed by atoms with E-state index in [4.69, 9.17) is 32.7 Å². The highest BCUT2D eigenvalue weighted by atomic mass is 79.9. The third-order valence-corrected chi connectivity index (χ3v) is 7.21. The van der Waals surface area contributed by atoms with Crippen molar-refractivity contribution in [2.45, 2.75) is 13.2 Å². The van der Waals surface area contributed by atoms with E-state index in [2.05, 4.69) is 21.2 Å². The van der Waals surface area contributed by atoms with Crippen molar-refractivity contribution >= 4 is 68.7 Å². The highest BCUT2D eigenvalue weighted by molar-refractivity contribution is 9.10. The first-order valence-electron chi connectivity index (χ1n) is 12.3. The van der Waals surface area contributed by atoms with Crippen molar-refractivity contribution < 1.29 is 23.9 Å². The molecule has 7 nitrogen and oxygen atoms in total. The second-order valence-electron chi connectivity index (χ2n) is 8.96. The van der Waals surface area contributed by atoms with Crippen LogP contribution in [0, 0.1) is 0 Å². The number of carbonyl (C=O) groups excluding carboxylic acids is 3. The molecule has 41 heavy (non-hydrogen) atoms. The van der Waals surface area contributed by atoms with Crippen molar-refractivity contribution in [1.29, 1.82) is 0 Å². The first-order valence-corrected chi connectivity index (χ1v) is 13.9. The molecule has 1 heterocycles. The van der Waals surface area contributed by atoms with E-state index in [1.165, 1.54) is 6.08 Å². The molecule has 0 aromatic heterocycles. The van der Waals surface area contributed by atoms with Gasteiger partial charge < -0.3 is 9.47 Å². The van der Waals surface area contributed by atoms with Crippen molar-refractivity contribution in [2.75, 3.05) is 4.90 Å². The molecule has 1 N–H and O–H groups in total. The number of anilines is 1. The monoisotopic (exact) mass is 650 g/mol. The smallest absolute Gasteiger partial charge is 0.335 e. The van der Waals surface area contributed by atoms with Gasteiger partial charge in [-0.25, -0.2) is 9.69 Å². The van der Waals surface area contributed by atoms with Gasteiger partial charge in [0.05, 0.1) is 5.69 Å². The SMILES string of the molecule is O=C1NC(=O)N(c2ccc(OCc3ccc(Cl)cc3Cl)cc2)C(=O)/C1=C\c1cccc(OCc2ccc(Br)cc2)c1. The van der Waals surface area contributed by atoms with Gasteiger partial charge in [0.15, 0.2) is 0 Å². The maximum absolute atomic E-state index is 13.3. The van der Waals surface area contributed by atoms with E-state index in [1.54, 1.807) is 66.7 Å². The molecule has 1 saturated heterocycles. The van der Waals surface area contributed by atoms with Crippen molar-refractivity contribution in [1.82, 2.24) is 5.32 Å². The van der Waals surface area contributed by atoms with Crippen molar-refractivity contribution in [3.8, 4) is 11.5 Å². The summed E-state index contributed by atoms with van der Waals surface area (Å²) in [5, 5.41) is 3.24. The number of nitrogens with zero attached hydrogens (tertiary/aromatic N) is 1. The number of carbonyl (C=O) groups is 3. The number of halogens is 3. The number of nitrogens with one attached hydrogen (secondary N) is 1. The Morgan fingerprint density at radius 1 is 0.805 bits per heavy atom. The number of barbiturate groups is 1. The molecule has 0 radical (unpaired) electrons. The molecule has 0 atom stereocenters. The molecule has 1 fully saturated rings. The van der Waals surface area contributed by atoms with E-state index in [9.17, 15) is 14.4 Å². The lowest BCUT2D eigenvalue weighted by Crippen LogP contribution is -2.54. The Bertz CT molecular complexity index is 1660. The number of hydrogen-bond donors (Lipinski definition) is 1. The van der Waals surface area contributed by atoms with E-state index in [0.717, 1.165) is 20.5 Å². The van der Waals surface area contributed by atoms with Gasteiger partial charge in [-0.15, -0.1) is 0 Å². The number of benzene rings is 4. The zero-order chi connectivity index (χ0) is 28.9. The maximum Gasteiger partial charge on any atom is 0.335 e. The fourth-order valence-corrected chi connectivity index (χ4v) is 4.72.